The molecule has 1 amide bonds. The molecule has 2 aromatic carbocycles. The second-order valence-corrected chi connectivity index (χ2v) is 7.50. The smallest absolute Gasteiger partial charge is 0.251 e. The summed E-state index contributed by atoms with van der Waals surface area (Å²) in [4.78, 5) is 14.5. The highest BCUT2D eigenvalue weighted by atomic mass is 35.5. The Balaban J connectivity index is 0.00000150. The van der Waals surface area contributed by atoms with Gasteiger partial charge in [0.2, 0.25) is 0 Å². The van der Waals surface area contributed by atoms with Crippen LogP contribution in [-0.2, 0) is 19.4 Å². The number of rotatable bonds is 5. The molecule has 156 valence electrons. The quantitative estimate of drug-likeness (QED) is 0.691. The highest BCUT2D eigenvalue weighted by Gasteiger charge is 2.19. The lowest BCUT2D eigenvalue weighted by molar-refractivity contribution is 0.0954. The largest absolute Gasteiger partial charge is 0.412 e. The Morgan fingerprint density at radius 3 is 2.52 bits per heavy atom. The minimum Gasteiger partial charge on any atom is -0.412 e. The van der Waals surface area contributed by atoms with Gasteiger partial charge >= 0.3 is 0 Å². The molecule has 0 atom stereocenters. The van der Waals surface area contributed by atoms with Gasteiger partial charge in [0.05, 0.1) is 0 Å². The molecule has 0 fully saturated rings. The number of para-hydroxylation sites is 1. The van der Waals surface area contributed by atoms with E-state index in [2.05, 4.69) is 34.1 Å². The number of carbonyl (C=O) groups is 1. The third kappa shape index (κ3) is 4.57. The Morgan fingerprint density at radius 1 is 1.07 bits per heavy atom. The van der Waals surface area contributed by atoms with Gasteiger partial charge in [-0.05, 0) is 61.6 Å². The summed E-state index contributed by atoms with van der Waals surface area (Å²) in [6, 6.07) is 16.4. The van der Waals surface area contributed by atoms with Gasteiger partial charge in [-0.2, -0.15) is 0 Å². The van der Waals surface area contributed by atoms with Gasteiger partial charge in [-0.25, -0.2) is 0 Å². The molecule has 1 aliphatic heterocycles. The van der Waals surface area contributed by atoms with E-state index in [0.29, 0.717) is 12.1 Å². The molecule has 0 aliphatic carbocycles. The Bertz CT molecular complexity index is 964. The third-order valence-corrected chi connectivity index (χ3v) is 5.55. The van der Waals surface area contributed by atoms with Gasteiger partial charge < -0.3 is 20.3 Å². The first-order chi connectivity index (χ1) is 13.1. The summed E-state index contributed by atoms with van der Waals surface area (Å²) in [5.41, 5.74) is 6.02. The summed E-state index contributed by atoms with van der Waals surface area (Å²) in [5, 5.41) is 4.44. The molecule has 0 spiro atoms. The van der Waals surface area contributed by atoms with E-state index in [9.17, 15) is 4.79 Å². The number of hydrogen-bond donors (Lipinski definition) is 1. The van der Waals surface area contributed by atoms with Crippen molar-refractivity contribution in [3.05, 3.63) is 65.4 Å². The van der Waals surface area contributed by atoms with Crippen molar-refractivity contribution in [1.82, 2.24) is 9.88 Å². The molecule has 0 bridgehead atoms. The van der Waals surface area contributed by atoms with E-state index >= 15 is 0 Å². The zero-order valence-corrected chi connectivity index (χ0v) is 17.9. The third-order valence-electron chi connectivity index (χ3n) is 5.55. The molecule has 1 aromatic heterocycles. The fraction of sp³-hybridized carbons (Fsp3) is 0.348. The summed E-state index contributed by atoms with van der Waals surface area (Å²) in [5.74, 6) is -0.00214. The number of hydrogen-bond acceptors (Lipinski definition) is 2. The van der Waals surface area contributed by atoms with Crippen molar-refractivity contribution in [3.63, 3.8) is 0 Å². The molecule has 3 aromatic rings. The highest BCUT2D eigenvalue weighted by Crippen LogP contribution is 2.30. The molecule has 6 heteroatoms. The maximum Gasteiger partial charge on any atom is 0.251 e. The molecule has 2 heterocycles. The zero-order valence-electron chi connectivity index (χ0n) is 17.1. The first kappa shape index (κ1) is 22.8. The Hall–Kier alpha value is -2.50. The van der Waals surface area contributed by atoms with Gasteiger partial charge in [-0.1, -0.05) is 18.2 Å². The van der Waals surface area contributed by atoms with Crippen molar-refractivity contribution in [2.75, 3.05) is 25.5 Å². The van der Waals surface area contributed by atoms with Crippen molar-refractivity contribution in [3.8, 4) is 0 Å². The summed E-state index contributed by atoms with van der Waals surface area (Å²) >= 11 is 0. The van der Waals surface area contributed by atoms with Crippen LogP contribution in [0.4, 0.5) is 5.69 Å². The molecule has 1 aliphatic rings. The van der Waals surface area contributed by atoms with Crippen LogP contribution in [-0.4, -0.2) is 36.6 Å². The summed E-state index contributed by atoms with van der Waals surface area (Å²) in [7, 11) is 4.00. The summed E-state index contributed by atoms with van der Waals surface area (Å²) < 4.78 is 2.48. The van der Waals surface area contributed by atoms with E-state index in [0.717, 1.165) is 25.1 Å². The van der Waals surface area contributed by atoms with Gasteiger partial charge in [-0.15, -0.1) is 12.4 Å². The van der Waals surface area contributed by atoms with Crippen LogP contribution in [0, 0.1) is 0 Å². The first-order valence-corrected chi connectivity index (χ1v) is 9.79. The normalized spacial score (nSPS) is 12.5. The van der Waals surface area contributed by atoms with Crippen molar-refractivity contribution in [1.29, 1.82) is 0 Å². The molecule has 0 saturated heterocycles. The van der Waals surface area contributed by atoms with E-state index in [4.69, 9.17) is 0 Å². The van der Waals surface area contributed by atoms with Crippen LogP contribution in [0.3, 0.4) is 0 Å². The summed E-state index contributed by atoms with van der Waals surface area (Å²) in [6.45, 7) is 1.77. The maximum atomic E-state index is 12.5. The second kappa shape index (κ2) is 9.81. The van der Waals surface area contributed by atoms with Crippen LogP contribution in [0.15, 0.2) is 48.5 Å². The van der Waals surface area contributed by atoms with Gasteiger partial charge in [0, 0.05) is 55.0 Å². The summed E-state index contributed by atoms with van der Waals surface area (Å²) in [6.07, 6.45) is 4.53. The molecular weight excluding hydrogens is 386 g/mol. The van der Waals surface area contributed by atoms with Gasteiger partial charge in [0.1, 0.15) is 0 Å². The number of nitrogens with one attached hydrogen (secondary N) is 1. The van der Waals surface area contributed by atoms with E-state index in [1.54, 1.807) is 0 Å². The number of carbonyl (C=O) groups excluding carboxylic acids is 1. The molecule has 3 N–H and O–H groups in total. The fourth-order valence-corrected chi connectivity index (χ4v) is 4.12. The van der Waals surface area contributed by atoms with Crippen LogP contribution < -0.4 is 10.2 Å². The predicted molar refractivity (Wildman–Crippen MR) is 123 cm³/mol. The zero-order chi connectivity index (χ0) is 18.8. The minimum absolute atomic E-state index is 0. The second-order valence-electron chi connectivity index (χ2n) is 7.50. The lowest BCUT2D eigenvalue weighted by Gasteiger charge is -2.17. The lowest BCUT2D eigenvalue weighted by Crippen LogP contribution is -2.26. The maximum absolute atomic E-state index is 12.5. The number of nitrogens with zero attached hydrogens (tertiary/aromatic N) is 2. The van der Waals surface area contributed by atoms with E-state index in [1.807, 2.05) is 43.3 Å². The SMILES string of the molecule is CN(C)c1ccc(C(=O)NCCc2c3n(c4ccccc24)CCCC3)cc1.Cl.O. The van der Waals surface area contributed by atoms with Crippen LogP contribution in [0.5, 0.6) is 0 Å². The molecule has 4 rings (SSSR count). The topological polar surface area (TPSA) is 68.8 Å². The van der Waals surface area contributed by atoms with Crippen LogP contribution in [0.1, 0.15) is 34.5 Å². The number of aromatic nitrogens is 1. The average molecular weight is 416 g/mol. The Labute approximate surface area is 178 Å². The van der Waals surface area contributed by atoms with Crippen molar-refractivity contribution in [2.24, 2.45) is 0 Å². The number of anilines is 1. The standard InChI is InChI=1S/C23H27N3O.ClH.H2O/c1-25(2)18-12-10-17(11-13-18)23(27)24-15-14-20-19-7-3-4-8-21(19)26-16-6-5-9-22(20)26;;/h3-4,7-8,10-13H,5-6,9,14-16H2,1-2H3,(H,24,27);1H;1H2. The predicted octanol–water partition coefficient (Wildman–Crippen LogP) is 3.61. The Kier molecular flexibility index (Phi) is 7.71. The monoisotopic (exact) mass is 415 g/mol. The van der Waals surface area contributed by atoms with Crippen LogP contribution in [0.25, 0.3) is 10.9 Å². The van der Waals surface area contributed by atoms with E-state index < -0.39 is 0 Å². The number of halogens is 1. The molecular formula is C23H30ClN3O2. The van der Waals surface area contributed by atoms with Gasteiger partial charge in [0.25, 0.3) is 5.91 Å². The minimum atomic E-state index is -0.00214. The number of amides is 1. The molecule has 5 nitrogen and oxygen atoms in total. The van der Waals surface area contributed by atoms with Crippen molar-refractivity contribution < 1.29 is 10.3 Å². The number of benzene rings is 2. The van der Waals surface area contributed by atoms with Gasteiger partial charge in [0.15, 0.2) is 0 Å². The van der Waals surface area contributed by atoms with Crippen molar-refractivity contribution in [2.45, 2.75) is 32.2 Å². The molecule has 0 radical (unpaired) electrons. The average Bonchev–Trinajstić information content (AvgIpc) is 3.02. The Morgan fingerprint density at radius 2 is 1.79 bits per heavy atom. The number of fused-ring (bicyclic) bond motifs is 3. The fourth-order valence-electron chi connectivity index (χ4n) is 4.12. The lowest BCUT2D eigenvalue weighted by atomic mass is 10.0. The van der Waals surface area contributed by atoms with E-state index in [-0.39, 0.29) is 23.8 Å². The van der Waals surface area contributed by atoms with Crippen molar-refractivity contribution >= 4 is 34.9 Å². The number of aryl methyl sites for hydroxylation is 1. The van der Waals surface area contributed by atoms with E-state index in [1.165, 1.54) is 35.0 Å². The molecule has 0 saturated carbocycles. The molecule has 0 unspecified atom stereocenters. The first-order valence-electron chi connectivity index (χ1n) is 9.79. The molecule has 29 heavy (non-hydrogen) atoms. The highest BCUT2D eigenvalue weighted by molar-refractivity contribution is 5.94. The van der Waals surface area contributed by atoms with Crippen LogP contribution in [0.2, 0.25) is 0 Å². The van der Waals surface area contributed by atoms with Gasteiger partial charge in [-0.3, -0.25) is 4.79 Å². The van der Waals surface area contributed by atoms with Crippen LogP contribution >= 0.6 is 12.4 Å².